The molecule has 0 aliphatic rings. The van der Waals surface area contributed by atoms with Gasteiger partial charge in [-0.2, -0.15) is 0 Å². The molecule has 0 amide bonds. The number of non-ortho nitro benzene ring substituents is 1. The van der Waals surface area contributed by atoms with Crippen LogP contribution in [0.4, 0.5) is 5.69 Å². The van der Waals surface area contributed by atoms with Gasteiger partial charge in [0.2, 0.25) is 0 Å². The van der Waals surface area contributed by atoms with Crippen LogP contribution in [0.1, 0.15) is 0 Å². The van der Waals surface area contributed by atoms with E-state index in [0.29, 0.717) is 18.2 Å². The molecule has 21 heavy (non-hydrogen) atoms. The van der Waals surface area contributed by atoms with Crippen LogP contribution in [0.2, 0.25) is 0 Å². The quantitative estimate of drug-likeness (QED) is 0.154. The Morgan fingerprint density at radius 1 is 0.905 bits per heavy atom. The summed E-state index contributed by atoms with van der Waals surface area (Å²) in [5, 5.41) is 10.4. The number of benzene rings is 1. The minimum Gasteiger partial charge on any atom is -0.716 e. The Morgan fingerprint density at radius 2 is 1.33 bits per heavy atom. The summed E-state index contributed by atoms with van der Waals surface area (Å²) in [4.78, 5) is 9.44. The largest absolute Gasteiger partial charge is 1.00 e. The normalized spacial score (nSPS) is 10.8. The first-order valence-electron chi connectivity index (χ1n) is 4.07. The molecule has 0 N–H and O–H groups in total. The molecule has 0 saturated heterocycles. The van der Waals surface area contributed by atoms with Gasteiger partial charge in [0.15, 0.2) is 11.5 Å². The van der Waals surface area contributed by atoms with E-state index in [4.69, 9.17) is 0 Å². The fraction of sp³-hybridized carbons (Fsp3) is 0. The van der Waals surface area contributed by atoms with E-state index in [-0.39, 0.29) is 103 Å². The van der Waals surface area contributed by atoms with Crippen LogP contribution in [0.3, 0.4) is 0 Å². The van der Waals surface area contributed by atoms with Crippen LogP contribution in [0.25, 0.3) is 0 Å². The maximum Gasteiger partial charge on any atom is 1.00 e. The first kappa shape index (κ1) is 24.6. The third-order valence-electron chi connectivity index (χ3n) is 1.52. The summed E-state index contributed by atoms with van der Waals surface area (Å²) in [5.41, 5.74) is -0.714. The van der Waals surface area contributed by atoms with Gasteiger partial charge in [0, 0.05) is 6.07 Å². The molecule has 0 spiro atoms. The van der Waals surface area contributed by atoms with Gasteiger partial charge >= 0.3 is 103 Å². The molecule has 0 heterocycles. The van der Waals surface area contributed by atoms with Gasteiger partial charge in [-0.1, -0.05) is 0 Å². The summed E-state index contributed by atoms with van der Waals surface area (Å²) < 4.78 is 69.7. The number of nitro groups is 1. The second-order valence-electron chi connectivity index (χ2n) is 2.87. The Hall–Kier alpha value is 1.31. The average Bonchev–Trinajstić information content (AvgIpc) is 2.15. The third kappa shape index (κ3) is 9.92. The molecule has 0 aromatic heterocycles. The fourth-order valence-electron chi connectivity index (χ4n) is 0.964. The monoisotopic (exact) mass is 391 g/mol. The van der Waals surface area contributed by atoms with Crippen LogP contribution in [0, 0.1) is 10.1 Å². The first-order chi connectivity index (χ1) is 8.48. The van der Waals surface area contributed by atoms with Gasteiger partial charge in [-0.05, 0) is 6.07 Å². The molecule has 1 aromatic carbocycles. The summed E-state index contributed by atoms with van der Waals surface area (Å²) >= 11 is 0. The van der Waals surface area contributed by atoms with Gasteiger partial charge in [-0.3, -0.25) is 10.1 Å². The van der Waals surface area contributed by atoms with Crippen molar-refractivity contribution < 1.29 is 142 Å². The van der Waals surface area contributed by atoms with Crippen LogP contribution in [0.5, 0.6) is 11.5 Å². The predicted molar refractivity (Wildman–Crippen MR) is 53.7 cm³/mol. The van der Waals surface area contributed by atoms with Crippen molar-refractivity contribution in [3.05, 3.63) is 28.3 Å². The number of nitrogens with zero attached hydrogens (tertiary/aromatic N) is 1. The van der Waals surface area contributed by atoms with Crippen molar-refractivity contribution >= 4 is 26.5 Å². The molecular weight excluding hydrogens is 388 g/mol. The molecular formula is C6H3K2NO10S2. The van der Waals surface area contributed by atoms with Crippen molar-refractivity contribution in [2.75, 3.05) is 0 Å². The molecule has 1 rings (SSSR count). The van der Waals surface area contributed by atoms with Gasteiger partial charge in [0.25, 0.3) is 26.5 Å². The second-order valence-corrected chi connectivity index (χ2v) is 4.84. The van der Waals surface area contributed by atoms with E-state index in [1.165, 1.54) is 0 Å². The Morgan fingerprint density at radius 3 is 1.71 bits per heavy atom. The van der Waals surface area contributed by atoms with E-state index < -0.39 is 42.9 Å². The number of nitro benzene ring substituents is 1. The molecule has 106 valence electrons. The number of rotatable bonds is 5. The van der Waals surface area contributed by atoms with Gasteiger partial charge in [0.1, 0.15) is 0 Å². The van der Waals surface area contributed by atoms with E-state index in [9.17, 15) is 36.1 Å². The molecule has 0 bridgehead atoms. The molecule has 0 fully saturated rings. The summed E-state index contributed by atoms with van der Waals surface area (Å²) in [6.45, 7) is 0. The van der Waals surface area contributed by atoms with Crippen LogP contribution in [0.15, 0.2) is 18.2 Å². The first-order valence-corrected chi connectivity index (χ1v) is 6.74. The molecule has 11 nitrogen and oxygen atoms in total. The molecule has 0 aliphatic carbocycles. The number of hydrogen-bond donors (Lipinski definition) is 0. The smallest absolute Gasteiger partial charge is 0.716 e. The van der Waals surface area contributed by atoms with Crippen molar-refractivity contribution in [2.24, 2.45) is 0 Å². The van der Waals surface area contributed by atoms with Crippen LogP contribution < -0.4 is 111 Å². The van der Waals surface area contributed by atoms with Gasteiger partial charge in [-0.25, -0.2) is 16.8 Å². The molecule has 0 radical (unpaired) electrons. The molecule has 1 aromatic rings. The van der Waals surface area contributed by atoms with Crippen LogP contribution in [-0.2, 0) is 20.8 Å². The Bertz CT molecular complexity index is 715. The Kier molecular flexibility index (Phi) is 11.2. The van der Waals surface area contributed by atoms with Gasteiger partial charge < -0.3 is 17.5 Å². The standard InChI is InChI=1S/C6H5NO10S2.2K/c8-7(9)4-1-2-5(16-18(10,11)12)6(3-4)17-19(13,14)15;;/h1-3H,(H,10,11,12)(H,13,14,15);;/q;2*+1/p-2. The zero-order valence-corrected chi connectivity index (χ0v) is 18.5. The minimum atomic E-state index is -5.35. The summed E-state index contributed by atoms with van der Waals surface area (Å²) in [7, 11) is -10.6. The minimum absolute atomic E-state index is 0. The maximum absolute atomic E-state index is 10.4. The molecule has 0 aliphatic heterocycles. The van der Waals surface area contributed by atoms with Crippen molar-refractivity contribution in [1.29, 1.82) is 0 Å². The SMILES string of the molecule is O=[N+]([O-])c1ccc(OS(=O)(=O)[O-])c(OS(=O)(=O)[O-])c1.[K+].[K+]. The van der Waals surface area contributed by atoms with Gasteiger partial charge in [0.05, 0.1) is 11.0 Å². The molecule has 15 heteroatoms. The third-order valence-corrected chi connectivity index (χ3v) is 2.29. The summed E-state index contributed by atoms with van der Waals surface area (Å²) in [6.07, 6.45) is 0. The Balaban J connectivity index is 0. The van der Waals surface area contributed by atoms with E-state index in [2.05, 4.69) is 8.37 Å². The summed E-state index contributed by atoms with van der Waals surface area (Å²) in [6, 6.07) is 1.72. The zero-order chi connectivity index (χ0) is 14.8. The van der Waals surface area contributed by atoms with Crippen LogP contribution in [-0.4, -0.2) is 30.9 Å². The Labute approximate surface area is 204 Å². The van der Waals surface area contributed by atoms with Crippen molar-refractivity contribution in [3.8, 4) is 11.5 Å². The van der Waals surface area contributed by atoms with Gasteiger partial charge in [-0.15, -0.1) is 0 Å². The van der Waals surface area contributed by atoms with E-state index in [1.54, 1.807) is 0 Å². The molecule has 0 unspecified atom stereocenters. The van der Waals surface area contributed by atoms with E-state index >= 15 is 0 Å². The number of hydrogen-bond acceptors (Lipinski definition) is 10. The summed E-state index contributed by atoms with van der Waals surface area (Å²) in [5.74, 6) is -2.07. The predicted octanol–water partition coefficient (Wildman–Crippen LogP) is -6.72. The molecule has 0 atom stereocenters. The average molecular weight is 391 g/mol. The maximum atomic E-state index is 10.4. The van der Waals surface area contributed by atoms with Crippen LogP contribution >= 0.6 is 0 Å². The topological polar surface area (TPSA) is 176 Å². The fourth-order valence-corrected chi connectivity index (χ4v) is 1.67. The van der Waals surface area contributed by atoms with Crippen molar-refractivity contribution in [1.82, 2.24) is 0 Å². The zero-order valence-electron chi connectivity index (χ0n) is 10.6. The second kappa shape index (κ2) is 9.57. The van der Waals surface area contributed by atoms with E-state index in [0.717, 1.165) is 0 Å². The van der Waals surface area contributed by atoms with Crippen molar-refractivity contribution in [2.45, 2.75) is 0 Å². The molecule has 0 saturated carbocycles. The van der Waals surface area contributed by atoms with E-state index in [1.807, 2.05) is 0 Å². The van der Waals surface area contributed by atoms with Crippen molar-refractivity contribution in [3.63, 3.8) is 0 Å².